The summed E-state index contributed by atoms with van der Waals surface area (Å²) in [6.07, 6.45) is -4.33. The highest BCUT2D eigenvalue weighted by atomic mass is 32.2. The Morgan fingerprint density at radius 2 is 1.73 bits per heavy atom. The first-order valence-corrected chi connectivity index (χ1v) is 11.9. The van der Waals surface area contributed by atoms with Gasteiger partial charge in [0.05, 0.1) is 17.6 Å². The van der Waals surface area contributed by atoms with Crippen molar-refractivity contribution in [3.8, 4) is 6.07 Å². The molecule has 1 aromatic carbocycles. The van der Waals surface area contributed by atoms with Crippen LogP contribution in [0.5, 0.6) is 0 Å². The average molecular weight is 497 g/mol. The van der Waals surface area contributed by atoms with Gasteiger partial charge in [0.1, 0.15) is 23.4 Å². The van der Waals surface area contributed by atoms with Crippen molar-refractivity contribution in [3.63, 3.8) is 0 Å². The first-order valence-electron chi connectivity index (χ1n) is 10.1. The summed E-state index contributed by atoms with van der Waals surface area (Å²) in [4.78, 5) is 12.8. The summed E-state index contributed by atoms with van der Waals surface area (Å²) in [5.41, 5.74) is -2.01. The number of carbonyl (C=O) groups is 1. The van der Waals surface area contributed by atoms with Crippen LogP contribution in [-0.4, -0.2) is 49.5 Å². The van der Waals surface area contributed by atoms with E-state index in [1.54, 1.807) is 0 Å². The molecule has 2 aliphatic rings. The number of hydrogen-bond donors (Lipinski definition) is 2. The van der Waals surface area contributed by atoms with Gasteiger partial charge < -0.3 is 5.32 Å². The predicted octanol–water partition coefficient (Wildman–Crippen LogP) is 3.02. The molecule has 33 heavy (non-hydrogen) atoms. The third-order valence-corrected chi connectivity index (χ3v) is 7.38. The first kappa shape index (κ1) is 25.3. The summed E-state index contributed by atoms with van der Waals surface area (Å²) in [5.74, 6) is -9.04. The number of halogens is 6. The van der Waals surface area contributed by atoms with Crippen molar-refractivity contribution in [2.45, 2.75) is 55.4 Å². The van der Waals surface area contributed by atoms with Crippen LogP contribution in [0.15, 0.2) is 24.3 Å². The largest absolute Gasteiger partial charge is 0.455 e. The van der Waals surface area contributed by atoms with Crippen molar-refractivity contribution >= 4 is 15.7 Å². The highest BCUT2D eigenvalue weighted by Gasteiger charge is 2.63. The number of sulfone groups is 1. The van der Waals surface area contributed by atoms with Gasteiger partial charge in [-0.3, -0.25) is 10.1 Å². The summed E-state index contributed by atoms with van der Waals surface area (Å²) >= 11 is 0. The number of amides is 1. The molecule has 0 spiro atoms. The Labute approximate surface area is 186 Å². The number of carbonyl (C=O) groups excluding carboxylic acids is 1. The number of alkyl halides is 5. The summed E-state index contributed by atoms with van der Waals surface area (Å²) in [7, 11) is -4.01. The SMILES string of the molecule is N#CC1(NC(=O)C(CS(=O)(=O)CC2CC2)N[C@H](c2ccc(F)cc2)C(F)(F)C(F)(F)F)CC1. The molecular formula is C20H21F6N3O3S. The number of nitrogens with zero attached hydrogens (tertiary/aromatic N) is 1. The molecule has 0 bridgehead atoms. The van der Waals surface area contributed by atoms with Crippen LogP contribution in [0.25, 0.3) is 0 Å². The second kappa shape index (κ2) is 8.79. The van der Waals surface area contributed by atoms with E-state index in [9.17, 15) is 39.6 Å². The molecule has 2 atom stereocenters. The van der Waals surface area contributed by atoms with Gasteiger partial charge >= 0.3 is 12.1 Å². The van der Waals surface area contributed by atoms with Crippen molar-refractivity contribution in [1.29, 1.82) is 5.26 Å². The van der Waals surface area contributed by atoms with E-state index in [0.717, 1.165) is 0 Å². The van der Waals surface area contributed by atoms with Crippen LogP contribution in [0, 0.1) is 23.1 Å². The predicted molar refractivity (Wildman–Crippen MR) is 104 cm³/mol. The normalized spacial score (nSPS) is 19.9. The van der Waals surface area contributed by atoms with Crippen LogP contribution in [-0.2, 0) is 14.6 Å². The van der Waals surface area contributed by atoms with Crippen LogP contribution in [0.4, 0.5) is 26.3 Å². The minimum Gasteiger partial charge on any atom is -0.336 e. The molecule has 3 rings (SSSR count). The molecule has 182 valence electrons. The zero-order valence-corrected chi connectivity index (χ0v) is 17.9. The van der Waals surface area contributed by atoms with Crippen molar-refractivity contribution in [2.24, 2.45) is 5.92 Å². The lowest BCUT2D eigenvalue weighted by atomic mass is 9.98. The number of benzene rings is 1. The smallest absolute Gasteiger partial charge is 0.336 e. The van der Waals surface area contributed by atoms with E-state index in [1.165, 1.54) is 0 Å². The standard InChI is InChI=1S/C20H21F6N3O3S/c21-14-5-3-13(4-6-14)16(19(22,23)20(24,25)26)28-15(10-33(31,32)9-12-1-2-12)17(30)29-18(11-27)7-8-18/h3-6,12,15-16,28H,1-2,7-10H2,(H,29,30)/t15?,16-/m1/s1. The van der Waals surface area contributed by atoms with Crippen LogP contribution in [0.2, 0.25) is 0 Å². The van der Waals surface area contributed by atoms with E-state index in [1.807, 2.05) is 11.4 Å². The molecule has 2 saturated carbocycles. The van der Waals surface area contributed by atoms with Gasteiger partial charge in [0.25, 0.3) is 0 Å². The fourth-order valence-electron chi connectivity index (χ4n) is 3.31. The van der Waals surface area contributed by atoms with Crippen LogP contribution >= 0.6 is 0 Å². The van der Waals surface area contributed by atoms with Gasteiger partial charge in [-0.2, -0.15) is 27.2 Å². The van der Waals surface area contributed by atoms with Gasteiger partial charge in [-0.15, -0.1) is 0 Å². The fourth-order valence-corrected chi connectivity index (χ4v) is 5.25. The Bertz CT molecular complexity index is 1030. The van der Waals surface area contributed by atoms with Gasteiger partial charge in [0, 0.05) is 0 Å². The van der Waals surface area contributed by atoms with E-state index in [4.69, 9.17) is 5.26 Å². The molecule has 2 aliphatic carbocycles. The molecule has 0 aromatic heterocycles. The topological polar surface area (TPSA) is 99.1 Å². The lowest BCUT2D eigenvalue weighted by Gasteiger charge is -2.33. The molecule has 13 heteroatoms. The molecule has 0 aliphatic heterocycles. The maximum absolute atomic E-state index is 14.5. The summed E-state index contributed by atoms with van der Waals surface area (Å²) in [6.45, 7) is 0. The first-order chi connectivity index (χ1) is 15.2. The van der Waals surface area contributed by atoms with E-state index in [0.29, 0.717) is 37.1 Å². The Kier molecular flexibility index (Phi) is 6.74. The summed E-state index contributed by atoms with van der Waals surface area (Å²) in [5, 5.41) is 13.3. The minimum absolute atomic E-state index is 0.155. The Balaban J connectivity index is 1.95. The van der Waals surface area contributed by atoms with E-state index < -0.39 is 62.6 Å². The highest BCUT2D eigenvalue weighted by Crippen LogP contribution is 2.45. The number of hydrogen-bond acceptors (Lipinski definition) is 5. The molecule has 0 radical (unpaired) electrons. The Morgan fingerprint density at radius 1 is 1.15 bits per heavy atom. The van der Waals surface area contributed by atoms with Crippen molar-refractivity contribution in [2.75, 3.05) is 11.5 Å². The van der Waals surface area contributed by atoms with Gasteiger partial charge in [-0.05, 0) is 49.3 Å². The number of nitrogens with one attached hydrogen (secondary N) is 2. The fraction of sp³-hybridized carbons (Fsp3) is 0.600. The van der Waals surface area contributed by atoms with Gasteiger partial charge in [-0.1, -0.05) is 12.1 Å². The van der Waals surface area contributed by atoms with Crippen molar-refractivity contribution < 1.29 is 39.6 Å². The van der Waals surface area contributed by atoms with Crippen molar-refractivity contribution in [3.05, 3.63) is 35.6 Å². The molecule has 0 heterocycles. The maximum atomic E-state index is 14.5. The second-order valence-electron chi connectivity index (χ2n) is 8.53. The van der Waals surface area contributed by atoms with E-state index in [2.05, 4.69) is 5.32 Å². The molecule has 2 fully saturated rings. The lowest BCUT2D eigenvalue weighted by Crippen LogP contribution is -2.57. The third kappa shape index (κ3) is 6.17. The second-order valence-corrected chi connectivity index (χ2v) is 10.7. The third-order valence-electron chi connectivity index (χ3n) is 5.56. The zero-order chi connectivity index (χ0) is 24.7. The van der Waals surface area contributed by atoms with Gasteiger partial charge in [0.2, 0.25) is 5.91 Å². The van der Waals surface area contributed by atoms with Crippen LogP contribution in [0.1, 0.15) is 37.3 Å². The van der Waals surface area contributed by atoms with Gasteiger partial charge in [-0.25, -0.2) is 12.8 Å². The zero-order valence-electron chi connectivity index (χ0n) is 17.1. The van der Waals surface area contributed by atoms with Crippen molar-refractivity contribution in [1.82, 2.24) is 10.6 Å². The summed E-state index contributed by atoms with van der Waals surface area (Å²) < 4.78 is 107. The molecule has 1 aromatic rings. The average Bonchev–Trinajstić information content (AvgIpc) is 3.62. The number of nitriles is 1. The Hall–Kier alpha value is -2.33. The molecule has 1 amide bonds. The quantitative estimate of drug-likeness (QED) is 0.485. The maximum Gasteiger partial charge on any atom is 0.455 e. The van der Waals surface area contributed by atoms with Crippen LogP contribution in [0.3, 0.4) is 0 Å². The van der Waals surface area contributed by atoms with Crippen LogP contribution < -0.4 is 10.6 Å². The Morgan fingerprint density at radius 3 is 2.18 bits per heavy atom. The molecule has 2 N–H and O–H groups in total. The monoisotopic (exact) mass is 497 g/mol. The van der Waals surface area contributed by atoms with E-state index >= 15 is 0 Å². The van der Waals surface area contributed by atoms with E-state index in [-0.39, 0.29) is 24.5 Å². The minimum atomic E-state index is -6.06. The molecule has 0 saturated heterocycles. The highest BCUT2D eigenvalue weighted by molar-refractivity contribution is 7.91. The summed E-state index contributed by atoms with van der Waals surface area (Å²) in [6, 6.07) is -0.361. The molecule has 1 unspecified atom stereocenters. The molecule has 6 nitrogen and oxygen atoms in total. The molecular weight excluding hydrogens is 476 g/mol. The van der Waals surface area contributed by atoms with Gasteiger partial charge in [0.15, 0.2) is 9.84 Å². The number of rotatable bonds is 10. The lowest BCUT2D eigenvalue weighted by molar-refractivity contribution is -0.294.